The van der Waals surface area contributed by atoms with Crippen molar-refractivity contribution in [2.75, 3.05) is 7.11 Å². The van der Waals surface area contributed by atoms with Crippen LogP contribution in [-0.2, 0) is 0 Å². The second kappa shape index (κ2) is 9.44. The molecule has 186 valence electrons. The second-order valence-electron chi connectivity index (χ2n) is 8.54. The van der Waals surface area contributed by atoms with E-state index < -0.39 is 16.4 Å². The molecule has 0 saturated heterocycles. The summed E-state index contributed by atoms with van der Waals surface area (Å²) < 4.78 is 6.60. The van der Waals surface area contributed by atoms with Gasteiger partial charge in [-0.25, -0.2) is 4.68 Å². The van der Waals surface area contributed by atoms with Gasteiger partial charge in [-0.2, -0.15) is 0 Å². The monoisotopic (exact) mass is 516 g/mol. The summed E-state index contributed by atoms with van der Waals surface area (Å²) in [4.78, 5) is 41.1. The molecule has 5 rings (SSSR count). The van der Waals surface area contributed by atoms with E-state index in [-0.39, 0.29) is 17.2 Å². The quantitative estimate of drug-likeness (QED) is 0.167. The van der Waals surface area contributed by atoms with Crippen LogP contribution in [0.4, 0.5) is 5.69 Å². The predicted octanol–water partition coefficient (Wildman–Crippen LogP) is 5.54. The van der Waals surface area contributed by atoms with Crippen LogP contribution in [0.2, 0.25) is 5.02 Å². The molecule has 0 aliphatic heterocycles. The Bertz CT molecular complexity index is 1720. The molecule has 10 heteroatoms. The first-order valence-electron chi connectivity index (χ1n) is 11.3. The highest BCUT2D eigenvalue weighted by Gasteiger charge is 2.31. The topological polar surface area (TPSA) is 123 Å². The van der Waals surface area contributed by atoms with E-state index in [1.54, 1.807) is 37.4 Å². The lowest BCUT2D eigenvalue weighted by Gasteiger charge is -2.16. The number of hydrogen-bond donors (Lipinski definition) is 2. The van der Waals surface area contributed by atoms with Gasteiger partial charge in [-0.05, 0) is 61.0 Å². The van der Waals surface area contributed by atoms with Gasteiger partial charge in [-0.1, -0.05) is 17.7 Å². The third kappa shape index (κ3) is 4.41. The molecule has 3 aromatic carbocycles. The standard InChI is InChI=1S/C27H21ClN4O5/c1-15-25(21-13-20(37-2)10-11-22(21)29-15)26(27(34)16-6-8-17(28)9-7-16)23-14-24(33)31(30-23)18-4-3-5-19(12-18)32(35)36/h3-14,26,29-30H,1-2H3. The number of nitro benzene ring substituents is 1. The summed E-state index contributed by atoms with van der Waals surface area (Å²) in [6.07, 6.45) is 0. The van der Waals surface area contributed by atoms with Gasteiger partial charge >= 0.3 is 0 Å². The maximum Gasteiger partial charge on any atom is 0.271 e. The zero-order valence-electron chi connectivity index (χ0n) is 19.8. The number of fused-ring (bicyclic) bond motifs is 1. The molecule has 1 unspecified atom stereocenters. The van der Waals surface area contributed by atoms with E-state index in [9.17, 15) is 19.7 Å². The number of aromatic amines is 2. The van der Waals surface area contributed by atoms with Crippen LogP contribution in [-0.4, -0.2) is 32.6 Å². The van der Waals surface area contributed by atoms with Crippen LogP contribution in [0, 0.1) is 17.0 Å². The molecule has 0 bridgehead atoms. The Kier molecular flexibility index (Phi) is 6.14. The number of aryl methyl sites for hydroxylation is 1. The number of rotatable bonds is 7. The number of ether oxygens (including phenoxy) is 1. The molecule has 0 spiro atoms. The van der Waals surface area contributed by atoms with Crippen LogP contribution in [0.1, 0.15) is 33.2 Å². The number of nitrogens with zero attached hydrogens (tertiary/aromatic N) is 2. The Morgan fingerprint density at radius 2 is 1.84 bits per heavy atom. The van der Waals surface area contributed by atoms with Crippen LogP contribution in [0.25, 0.3) is 16.6 Å². The number of ketones is 1. The summed E-state index contributed by atoms with van der Waals surface area (Å²) in [7, 11) is 1.56. The molecule has 0 saturated carbocycles. The minimum Gasteiger partial charge on any atom is -0.497 e. The fraction of sp³-hybridized carbons (Fsp3) is 0.111. The SMILES string of the molecule is COc1ccc2[nH]c(C)c(C(C(=O)c3ccc(Cl)cc3)c3cc(=O)n(-c4cccc([N+](=O)[O-])c4)[nH]3)c2c1. The maximum atomic E-state index is 14.0. The molecule has 0 aliphatic rings. The number of nitrogens with one attached hydrogen (secondary N) is 2. The number of carbonyl (C=O) groups is 1. The van der Waals surface area contributed by atoms with Crippen molar-refractivity contribution in [1.29, 1.82) is 0 Å². The fourth-order valence-electron chi connectivity index (χ4n) is 4.53. The van der Waals surface area contributed by atoms with Gasteiger partial charge in [0.2, 0.25) is 0 Å². The second-order valence-corrected chi connectivity index (χ2v) is 8.98. The minimum absolute atomic E-state index is 0.158. The zero-order chi connectivity index (χ0) is 26.3. The highest BCUT2D eigenvalue weighted by atomic mass is 35.5. The summed E-state index contributed by atoms with van der Waals surface area (Å²) in [5.41, 5.74) is 2.65. The number of nitro groups is 1. The number of carbonyl (C=O) groups excluding carboxylic acids is 1. The van der Waals surface area contributed by atoms with E-state index in [0.717, 1.165) is 16.6 Å². The minimum atomic E-state index is -0.894. The van der Waals surface area contributed by atoms with Gasteiger partial charge < -0.3 is 9.72 Å². The van der Waals surface area contributed by atoms with Gasteiger partial charge in [0.25, 0.3) is 11.2 Å². The average Bonchev–Trinajstić information content (AvgIpc) is 3.43. The number of hydrogen-bond acceptors (Lipinski definition) is 5. The third-order valence-electron chi connectivity index (χ3n) is 6.27. The lowest BCUT2D eigenvalue weighted by Crippen LogP contribution is -2.16. The summed E-state index contributed by atoms with van der Waals surface area (Å²) in [6, 6.07) is 19.1. The van der Waals surface area contributed by atoms with Gasteiger partial charge in [-0.15, -0.1) is 0 Å². The zero-order valence-corrected chi connectivity index (χ0v) is 20.6. The number of aromatic nitrogens is 3. The Labute approximate surface area is 215 Å². The van der Waals surface area contributed by atoms with Gasteiger partial charge in [0.15, 0.2) is 5.78 Å². The molecule has 1 atom stereocenters. The van der Waals surface area contributed by atoms with E-state index in [0.29, 0.717) is 27.6 Å². The van der Waals surface area contributed by atoms with Crippen LogP contribution in [0.5, 0.6) is 5.75 Å². The van der Waals surface area contributed by atoms with Gasteiger partial charge in [0.1, 0.15) is 5.75 Å². The summed E-state index contributed by atoms with van der Waals surface area (Å²) in [5, 5.41) is 15.6. The van der Waals surface area contributed by atoms with E-state index in [1.165, 1.54) is 28.9 Å². The summed E-state index contributed by atoms with van der Waals surface area (Å²) in [5.74, 6) is -0.529. The highest BCUT2D eigenvalue weighted by molar-refractivity contribution is 6.30. The number of non-ortho nitro benzene ring substituents is 1. The Balaban J connectivity index is 1.72. The van der Waals surface area contributed by atoms with Crippen LogP contribution >= 0.6 is 11.6 Å². The van der Waals surface area contributed by atoms with Gasteiger partial charge in [0, 0.05) is 45.4 Å². The maximum absolute atomic E-state index is 14.0. The van der Waals surface area contributed by atoms with E-state index >= 15 is 0 Å². The van der Waals surface area contributed by atoms with Crippen molar-refractivity contribution in [3.8, 4) is 11.4 Å². The Hall–Kier alpha value is -4.63. The molecule has 5 aromatic rings. The highest BCUT2D eigenvalue weighted by Crippen LogP contribution is 2.37. The molecule has 0 radical (unpaired) electrons. The van der Waals surface area contributed by atoms with Crippen molar-refractivity contribution in [2.45, 2.75) is 12.8 Å². The number of H-pyrrole nitrogens is 2. The van der Waals surface area contributed by atoms with Crippen molar-refractivity contribution >= 4 is 34.0 Å². The van der Waals surface area contributed by atoms with Crippen molar-refractivity contribution in [2.24, 2.45) is 0 Å². The number of methoxy groups -OCH3 is 1. The molecule has 2 N–H and O–H groups in total. The average molecular weight is 517 g/mol. The molecule has 0 amide bonds. The lowest BCUT2D eigenvalue weighted by atomic mass is 9.86. The molecular weight excluding hydrogens is 496 g/mol. The lowest BCUT2D eigenvalue weighted by molar-refractivity contribution is -0.384. The van der Waals surface area contributed by atoms with Crippen molar-refractivity contribution in [3.63, 3.8) is 0 Å². The van der Waals surface area contributed by atoms with E-state index in [2.05, 4.69) is 10.1 Å². The number of halogens is 1. The first-order chi connectivity index (χ1) is 17.8. The molecule has 37 heavy (non-hydrogen) atoms. The van der Waals surface area contributed by atoms with Crippen molar-refractivity contribution in [1.82, 2.24) is 14.8 Å². The summed E-state index contributed by atoms with van der Waals surface area (Å²) in [6.45, 7) is 1.86. The van der Waals surface area contributed by atoms with Crippen molar-refractivity contribution < 1.29 is 14.5 Å². The molecule has 0 aliphatic carbocycles. The van der Waals surface area contributed by atoms with E-state index in [4.69, 9.17) is 16.3 Å². The van der Waals surface area contributed by atoms with Crippen molar-refractivity contribution in [3.05, 3.63) is 121 Å². The van der Waals surface area contributed by atoms with Gasteiger partial charge in [0.05, 0.1) is 29.3 Å². The molecule has 2 heterocycles. The van der Waals surface area contributed by atoms with Gasteiger partial charge in [-0.3, -0.25) is 24.8 Å². The Morgan fingerprint density at radius 1 is 1.08 bits per heavy atom. The molecule has 9 nitrogen and oxygen atoms in total. The van der Waals surface area contributed by atoms with Crippen LogP contribution in [0.15, 0.2) is 77.6 Å². The fourth-order valence-corrected chi connectivity index (χ4v) is 4.66. The van der Waals surface area contributed by atoms with Crippen LogP contribution < -0.4 is 10.3 Å². The molecule has 2 aromatic heterocycles. The number of Topliss-reactive ketones (excluding diaryl/α,β-unsaturated/α-hetero) is 1. The normalized spacial score (nSPS) is 12.0. The largest absolute Gasteiger partial charge is 0.497 e. The first-order valence-corrected chi connectivity index (χ1v) is 11.7. The van der Waals surface area contributed by atoms with Crippen LogP contribution in [0.3, 0.4) is 0 Å². The third-order valence-corrected chi connectivity index (χ3v) is 6.52. The molecular formula is C27H21ClN4O5. The van der Waals surface area contributed by atoms with E-state index in [1.807, 2.05) is 25.1 Å². The predicted molar refractivity (Wildman–Crippen MR) is 140 cm³/mol. The number of benzene rings is 3. The smallest absolute Gasteiger partial charge is 0.271 e. The molecule has 0 fully saturated rings. The Morgan fingerprint density at radius 3 is 2.54 bits per heavy atom. The first kappa shape index (κ1) is 24.1. The summed E-state index contributed by atoms with van der Waals surface area (Å²) >= 11 is 6.05.